The summed E-state index contributed by atoms with van der Waals surface area (Å²) >= 11 is 18.3. The van der Waals surface area contributed by atoms with Gasteiger partial charge in [0.25, 0.3) is 10.0 Å². The van der Waals surface area contributed by atoms with Gasteiger partial charge in [-0.2, -0.15) is 0 Å². The van der Waals surface area contributed by atoms with Crippen LogP contribution in [0.5, 0.6) is 0 Å². The smallest absolute Gasteiger partial charge is 0.264 e. The lowest BCUT2D eigenvalue weighted by Crippen LogP contribution is -2.53. The number of nitrogens with one attached hydrogen (secondary N) is 1. The SMILES string of the molecule is CCC(C(=O)NC(C)C)N(Cc1ccc(Cl)c(Cl)c1)C(=O)CN(c1cccc(C)c1)S(=O)(=O)c1ccc(Cl)cc1. The molecule has 11 heteroatoms. The number of amides is 2. The van der Waals surface area contributed by atoms with Crippen molar-refractivity contribution in [2.24, 2.45) is 0 Å². The lowest BCUT2D eigenvalue weighted by Gasteiger charge is -2.33. The average molecular weight is 625 g/mol. The summed E-state index contributed by atoms with van der Waals surface area (Å²) in [4.78, 5) is 28.6. The summed E-state index contributed by atoms with van der Waals surface area (Å²) in [7, 11) is -4.19. The van der Waals surface area contributed by atoms with Gasteiger partial charge in [-0.3, -0.25) is 13.9 Å². The minimum absolute atomic E-state index is 0.0163. The van der Waals surface area contributed by atoms with Crippen LogP contribution in [0.1, 0.15) is 38.3 Å². The van der Waals surface area contributed by atoms with E-state index in [2.05, 4.69) is 5.32 Å². The molecule has 0 aliphatic rings. The van der Waals surface area contributed by atoms with Crippen molar-refractivity contribution < 1.29 is 18.0 Å². The van der Waals surface area contributed by atoms with E-state index < -0.39 is 28.5 Å². The van der Waals surface area contributed by atoms with Crippen molar-refractivity contribution in [3.8, 4) is 0 Å². The fourth-order valence-electron chi connectivity index (χ4n) is 4.18. The van der Waals surface area contributed by atoms with Crippen LogP contribution in [0, 0.1) is 6.92 Å². The molecule has 0 spiro atoms. The summed E-state index contributed by atoms with van der Waals surface area (Å²) in [6.07, 6.45) is 0.306. The molecular formula is C29H32Cl3N3O4S. The number of carbonyl (C=O) groups excluding carboxylic acids is 2. The summed E-state index contributed by atoms with van der Waals surface area (Å²) in [5.74, 6) is -0.899. The Balaban J connectivity index is 2.08. The molecule has 0 aromatic heterocycles. The molecule has 0 fully saturated rings. The molecule has 0 saturated carbocycles. The standard InChI is InChI=1S/C29H32Cl3N3O4S/c1-5-27(29(37)33-19(2)3)34(17-21-9-14-25(31)26(32)16-21)28(36)18-35(23-8-6-7-20(4)15-23)40(38,39)24-12-10-22(30)11-13-24/h6-16,19,27H,5,17-18H2,1-4H3,(H,33,37). The van der Waals surface area contributed by atoms with E-state index in [0.717, 1.165) is 9.87 Å². The number of rotatable bonds is 11. The largest absolute Gasteiger partial charge is 0.352 e. The van der Waals surface area contributed by atoms with E-state index in [0.29, 0.717) is 32.7 Å². The quantitative estimate of drug-likeness (QED) is 0.265. The summed E-state index contributed by atoms with van der Waals surface area (Å²) in [5, 5.41) is 3.90. The zero-order valence-corrected chi connectivity index (χ0v) is 25.8. The molecule has 2 amide bonds. The molecule has 7 nitrogen and oxygen atoms in total. The molecule has 3 aromatic carbocycles. The summed E-state index contributed by atoms with van der Waals surface area (Å²) < 4.78 is 28.8. The predicted octanol–water partition coefficient (Wildman–Crippen LogP) is 6.48. The Morgan fingerprint density at radius 1 is 0.925 bits per heavy atom. The Morgan fingerprint density at radius 2 is 1.60 bits per heavy atom. The molecule has 40 heavy (non-hydrogen) atoms. The van der Waals surface area contributed by atoms with Crippen LogP contribution in [-0.2, 0) is 26.2 Å². The molecule has 1 unspecified atom stereocenters. The number of sulfonamides is 1. The summed E-state index contributed by atoms with van der Waals surface area (Å²) in [5.41, 5.74) is 1.77. The van der Waals surface area contributed by atoms with Gasteiger partial charge in [0.2, 0.25) is 11.8 Å². The van der Waals surface area contributed by atoms with Crippen LogP contribution in [0.25, 0.3) is 0 Å². The Hall–Kier alpha value is -2.78. The molecule has 0 aliphatic carbocycles. The van der Waals surface area contributed by atoms with Gasteiger partial charge in [-0.15, -0.1) is 0 Å². The van der Waals surface area contributed by atoms with Crippen LogP contribution in [0.15, 0.2) is 71.6 Å². The zero-order chi connectivity index (χ0) is 29.6. The fourth-order valence-corrected chi connectivity index (χ4v) is 6.03. The number of halogens is 3. The van der Waals surface area contributed by atoms with Crippen molar-refractivity contribution in [3.05, 3.63) is 92.9 Å². The molecular weight excluding hydrogens is 593 g/mol. The van der Waals surface area contributed by atoms with Crippen LogP contribution in [0.2, 0.25) is 15.1 Å². The van der Waals surface area contributed by atoms with Crippen molar-refractivity contribution in [3.63, 3.8) is 0 Å². The number of anilines is 1. The third-order valence-corrected chi connectivity index (χ3v) is 8.90. The van der Waals surface area contributed by atoms with Crippen molar-refractivity contribution in [1.29, 1.82) is 0 Å². The number of benzene rings is 3. The number of hydrogen-bond donors (Lipinski definition) is 1. The molecule has 1 atom stereocenters. The Kier molecular flexibility index (Phi) is 10.9. The maximum atomic E-state index is 14.1. The van der Waals surface area contributed by atoms with Crippen molar-refractivity contribution in [1.82, 2.24) is 10.2 Å². The normalized spacial score (nSPS) is 12.2. The number of hydrogen-bond acceptors (Lipinski definition) is 4. The van der Waals surface area contributed by atoms with Gasteiger partial charge in [0.1, 0.15) is 12.6 Å². The second-order valence-electron chi connectivity index (χ2n) is 9.66. The molecule has 3 rings (SSSR count). The second-order valence-corrected chi connectivity index (χ2v) is 12.8. The number of carbonyl (C=O) groups is 2. The van der Waals surface area contributed by atoms with Gasteiger partial charge in [-0.05, 0) is 86.8 Å². The molecule has 0 saturated heterocycles. The highest BCUT2D eigenvalue weighted by Crippen LogP contribution is 2.27. The Bertz CT molecular complexity index is 1460. The topological polar surface area (TPSA) is 86.8 Å². The van der Waals surface area contributed by atoms with E-state index >= 15 is 0 Å². The van der Waals surface area contributed by atoms with E-state index in [-0.39, 0.29) is 23.4 Å². The minimum atomic E-state index is -4.19. The molecule has 0 heterocycles. The average Bonchev–Trinajstić information content (AvgIpc) is 2.88. The van der Waals surface area contributed by atoms with Crippen LogP contribution in [0.3, 0.4) is 0 Å². The molecule has 0 radical (unpaired) electrons. The van der Waals surface area contributed by atoms with Crippen molar-refractivity contribution >= 4 is 62.3 Å². The van der Waals surface area contributed by atoms with Gasteiger partial charge in [0, 0.05) is 17.6 Å². The van der Waals surface area contributed by atoms with E-state index in [1.807, 2.05) is 26.8 Å². The second kappa shape index (κ2) is 13.7. The van der Waals surface area contributed by atoms with Gasteiger partial charge in [0.05, 0.1) is 20.6 Å². The van der Waals surface area contributed by atoms with E-state index in [4.69, 9.17) is 34.8 Å². The third kappa shape index (κ3) is 7.91. The van der Waals surface area contributed by atoms with Gasteiger partial charge in [-0.25, -0.2) is 8.42 Å². The lowest BCUT2D eigenvalue weighted by molar-refractivity contribution is -0.140. The molecule has 0 bridgehead atoms. The van der Waals surface area contributed by atoms with E-state index in [1.165, 1.54) is 29.2 Å². The van der Waals surface area contributed by atoms with Crippen molar-refractivity contribution in [2.45, 2.75) is 57.6 Å². The van der Waals surface area contributed by atoms with Crippen LogP contribution < -0.4 is 9.62 Å². The highest BCUT2D eigenvalue weighted by molar-refractivity contribution is 7.92. The maximum absolute atomic E-state index is 14.1. The monoisotopic (exact) mass is 623 g/mol. The highest BCUT2D eigenvalue weighted by atomic mass is 35.5. The molecule has 3 aromatic rings. The lowest BCUT2D eigenvalue weighted by atomic mass is 10.1. The third-order valence-electron chi connectivity index (χ3n) is 6.12. The van der Waals surface area contributed by atoms with E-state index in [9.17, 15) is 18.0 Å². The Morgan fingerprint density at radius 3 is 2.17 bits per heavy atom. The van der Waals surface area contributed by atoms with Gasteiger partial charge in [0.15, 0.2) is 0 Å². The first-order valence-corrected chi connectivity index (χ1v) is 15.3. The molecule has 0 aliphatic heterocycles. The minimum Gasteiger partial charge on any atom is -0.352 e. The van der Waals surface area contributed by atoms with Crippen LogP contribution in [-0.4, -0.2) is 43.8 Å². The number of nitrogens with zero attached hydrogens (tertiary/aromatic N) is 2. The first kappa shape index (κ1) is 31.7. The zero-order valence-electron chi connectivity index (χ0n) is 22.7. The number of aryl methyl sites for hydroxylation is 1. The fraction of sp³-hybridized carbons (Fsp3) is 0.310. The molecule has 214 valence electrons. The van der Waals surface area contributed by atoms with E-state index in [1.54, 1.807) is 43.3 Å². The first-order chi connectivity index (χ1) is 18.8. The first-order valence-electron chi connectivity index (χ1n) is 12.7. The summed E-state index contributed by atoms with van der Waals surface area (Å²) in [6.45, 7) is 6.76. The summed E-state index contributed by atoms with van der Waals surface area (Å²) in [6, 6.07) is 16.5. The molecule has 1 N–H and O–H groups in total. The highest BCUT2D eigenvalue weighted by Gasteiger charge is 2.34. The van der Waals surface area contributed by atoms with Crippen molar-refractivity contribution in [2.75, 3.05) is 10.8 Å². The van der Waals surface area contributed by atoms with Crippen LogP contribution in [0.4, 0.5) is 5.69 Å². The van der Waals surface area contributed by atoms with Crippen LogP contribution >= 0.6 is 34.8 Å². The van der Waals surface area contributed by atoms with Gasteiger partial charge in [-0.1, -0.05) is 59.9 Å². The van der Waals surface area contributed by atoms with Gasteiger partial charge < -0.3 is 10.2 Å². The predicted molar refractivity (Wildman–Crippen MR) is 162 cm³/mol. The van der Waals surface area contributed by atoms with Gasteiger partial charge >= 0.3 is 0 Å². The Labute approximate surface area is 251 Å². The maximum Gasteiger partial charge on any atom is 0.264 e.